The summed E-state index contributed by atoms with van der Waals surface area (Å²) in [5.41, 5.74) is -0.114. The number of aliphatic hydroxyl groups is 2. The molecule has 0 spiro atoms. The minimum Gasteiger partial charge on any atom is -0.396 e. The first-order valence-corrected chi connectivity index (χ1v) is 12.4. The van der Waals surface area contributed by atoms with Crippen LogP contribution in [0.4, 0.5) is 0 Å². The molecule has 2 bridgehead atoms. The molecule has 1 aromatic carbocycles. The average molecular weight is 459 g/mol. The highest BCUT2D eigenvalue weighted by Gasteiger charge is 2.54. The van der Waals surface area contributed by atoms with Crippen LogP contribution in [0.25, 0.3) is 0 Å². The Morgan fingerprint density at radius 3 is 2.48 bits per heavy atom. The zero-order chi connectivity index (χ0) is 23.6. The van der Waals surface area contributed by atoms with E-state index in [1.165, 1.54) is 5.56 Å². The molecule has 3 aliphatic heterocycles. The second kappa shape index (κ2) is 9.72. The van der Waals surface area contributed by atoms with E-state index < -0.39 is 23.3 Å². The Morgan fingerprint density at radius 2 is 1.85 bits per heavy atom. The normalized spacial score (nSPS) is 35.0. The van der Waals surface area contributed by atoms with Gasteiger partial charge in [0.2, 0.25) is 11.8 Å². The third-order valence-corrected chi connectivity index (χ3v) is 8.11. The fraction of sp³-hybridized carbons (Fsp3) is 0.692. The number of nitrogens with one attached hydrogen (secondary N) is 1. The van der Waals surface area contributed by atoms with Gasteiger partial charge in [-0.2, -0.15) is 0 Å². The molecule has 3 N–H and O–H groups in total. The van der Waals surface area contributed by atoms with Crippen molar-refractivity contribution in [2.75, 3.05) is 19.7 Å². The zero-order valence-electron chi connectivity index (χ0n) is 19.8. The summed E-state index contributed by atoms with van der Waals surface area (Å²) in [5.74, 6) is 0.0785. The number of ether oxygens (including phenoxy) is 1. The molecule has 2 amide bonds. The molecule has 4 rings (SSSR count). The third-order valence-electron chi connectivity index (χ3n) is 8.11. The van der Waals surface area contributed by atoms with Crippen LogP contribution in [-0.4, -0.2) is 70.0 Å². The molecule has 0 aliphatic carbocycles. The van der Waals surface area contributed by atoms with E-state index in [1.54, 1.807) is 11.8 Å². The van der Waals surface area contributed by atoms with Gasteiger partial charge in [0.25, 0.3) is 0 Å². The molecule has 0 radical (unpaired) electrons. The molecule has 3 aliphatic rings. The number of carbonyl (C=O) groups excluding carboxylic acids is 2. The van der Waals surface area contributed by atoms with Gasteiger partial charge in [0, 0.05) is 32.5 Å². The van der Waals surface area contributed by atoms with E-state index in [0.29, 0.717) is 51.6 Å². The van der Waals surface area contributed by atoms with Gasteiger partial charge in [0.15, 0.2) is 0 Å². The SMILES string of the molecule is CC(=O)N1CCC(C(=O)N[C@@H]2CC[C@@]3(CCO)C[C@H](c4ccccc4)C[C@](C)(O3)[C@H]2O)CC1. The summed E-state index contributed by atoms with van der Waals surface area (Å²) >= 11 is 0. The molecule has 182 valence electrons. The van der Waals surface area contributed by atoms with Crippen LogP contribution in [0.15, 0.2) is 30.3 Å². The summed E-state index contributed by atoms with van der Waals surface area (Å²) < 4.78 is 6.62. The first-order valence-electron chi connectivity index (χ1n) is 12.4. The highest BCUT2D eigenvalue weighted by atomic mass is 16.5. The van der Waals surface area contributed by atoms with Crippen LogP contribution >= 0.6 is 0 Å². The molecule has 3 heterocycles. The number of benzene rings is 1. The summed E-state index contributed by atoms with van der Waals surface area (Å²) in [6.45, 7) is 4.74. The number of aliphatic hydroxyl groups excluding tert-OH is 2. The highest BCUT2D eigenvalue weighted by molar-refractivity contribution is 5.80. The minimum atomic E-state index is -0.842. The van der Waals surface area contributed by atoms with E-state index in [-0.39, 0.29) is 30.3 Å². The van der Waals surface area contributed by atoms with Gasteiger partial charge in [-0.25, -0.2) is 0 Å². The lowest BCUT2D eigenvalue weighted by Crippen LogP contribution is -2.58. The summed E-state index contributed by atoms with van der Waals surface area (Å²) in [4.78, 5) is 26.5. The Balaban J connectivity index is 1.50. The Morgan fingerprint density at radius 1 is 1.15 bits per heavy atom. The number of piperidine rings is 1. The maximum Gasteiger partial charge on any atom is 0.223 e. The van der Waals surface area contributed by atoms with Crippen molar-refractivity contribution in [3.63, 3.8) is 0 Å². The van der Waals surface area contributed by atoms with Crippen molar-refractivity contribution in [3.8, 4) is 0 Å². The van der Waals surface area contributed by atoms with Crippen molar-refractivity contribution in [2.45, 2.75) is 88.1 Å². The van der Waals surface area contributed by atoms with E-state index in [0.717, 1.165) is 6.42 Å². The topological polar surface area (TPSA) is 99.1 Å². The van der Waals surface area contributed by atoms with E-state index >= 15 is 0 Å². The molecular formula is C26H38N2O5. The van der Waals surface area contributed by atoms with Crippen LogP contribution in [0.1, 0.15) is 70.3 Å². The minimum absolute atomic E-state index is 0.0272. The quantitative estimate of drug-likeness (QED) is 0.629. The molecule has 0 aromatic heterocycles. The van der Waals surface area contributed by atoms with Crippen molar-refractivity contribution < 1.29 is 24.5 Å². The van der Waals surface area contributed by atoms with E-state index in [2.05, 4.69) is 17.4 Å². The number of hydrogen-bond donors (Lipinski definition) is 3. The van der Waals surface area contributed by atoms with E-state index in [4.69, 9.17) is 4.74 Å². The van der Waals surface area contributed by atoms with E-state index in [9.17, 15) is 19.8 Å². The molecule has 33 heavy (non-hydrogen) atoms. The average Bonchev–Trinajstić information content (AvgIpc) is 2.88. The second-order valence-electron chi connectivity index (χ2n) is 10.5. The van der Waals surface area contributed by atoms with Crippen LogP contribution < -0.4 is 5.32 Å². The Kier molecular flexibility index (Phi) is 7.12. The van der Waals surface area contributed by atoms with Gasteiger partial charge in [-0.3, -0.25) is 9.59 Å². The number of nitrogens with zero attached hydrogens (tertiary/aromatic N) is 1. The maximum atomic E-state index is 13.1. The van der Waals surface area contributed by atoms with Crippen molar-refractivity contribution in [1.82, 2.24) is 10.2 Å². The fourth-order valence-electron chi connectivity index (χ4n) is 6.28. The van der Waals surface area contributed by atoms with E-state index in [1.807, 2.05) is 25.1 Å². The molecular weight excluding hydrogens is 420 g/mol. The van der Waals surface area contributed by atoms with Gasteiger partial charge in [-0.15, -0.1) is 0 Å². The first-order chi connectivity index (χ1) is 15.8. The third kappa shape index (κ3) is 5.10. The molecule has 3 fully saturated rings. The van der Waals surface area contributed by atoms with Crippen LogP contribution in [0.5, 0.6) is 0 Å². The second-order valence-corrected chi connectivity index (χ2v) is 10.5. The molecule has 3 saturated heterocycles. The van der Waals surface area contributed by atoms with Crippen molar-refractivity contribution in [1.29, 1.82) is 0 Å². The van der Waals surface area contributed by atoms with Crippen molar-refractivity contribution in [3.05, 3.63) is 35.9 Å². The standard InChI is InChI=1S/C26H38N2O5/c1-18(30)28-13-9-20(10-14-28)24(32)27-22-8-11-26(12-15-29)17-21(19-6-4-3-5-7-19)16-25(2,33-26)23(22)31/h3-7,20-23,29,31H,8-17H2,1-2H3,(H,27,32)/t21-,22-,23+,25+,26-/m1/s1. The van der Waals surface area contributed by atoms with Crippen LogP contribution in [0.2, 0.25) is 0 Å². The predicted octanol–water partition coefficient (Wildman–Crippen LogP) is 2.36. The van der Waals surface area contributed by atoms with Gasteiger partial charge in [-0.05, 0) is 63.4 Å². The monoisotopic (exact) mass is 458 g/mol. The van der Waals surface area contributed by atoms with Crippen LogP contribution in [0, 0.1) is 5.92 Å². The lowest BCUT2D eigenvalue weighted by atomic mass is 9.73. The molecule has 0 unspecified atom stereocenters. The van der Waals surface area contributed by atoms with Gasteiger partial charge >= 0.3 is 0 Å². The summed E-state index contributed by atoms with van der Waals surface area (Å²) in [6.07, 6.45) is 3.71. The van der Waals surface area contributed by atoms with Gasteiger partial charge in [0.1, 0.15) is 6.10 Å². The largest absolute Gasteiger partial charge is 0.396 e. The molecule has 5 atom stereocenters. The number of fused-ring (bicyclic) bond motifs is 2. The first kappa shape index (κ1) is 24.2. The van der Waals surface area contributed by atoms with Gasteiger partial charge in [-0.1, -0.05) is 30.3 Å². The number of hydrogen-bond acceptors (Lipinski definition) is 5. The highest BCUT2D eigenvalue weighted by Crippen LogP contribution is 2.51. The number of carbonyl (C=O) groups is 2. The lowest BCUT2D eigenvalue weighted by molar-refractivity contribution is -0.223. The number of likely N-dealkylation sites (tertiary alicyclic amines) is 1. The molecule has 7 heteroatoms. The number of amides is 2. The summed E-state index contributed by atoms with van der Waals surface area (Å²) in [7, 11) is 0. The van der Waals surface area contributed by atoms with Crippen molar-refractivity contribution >= 4 is 11.8 Å². The fourth-order valence-corrected chi connectivity index (χ4v) is 6.28. The molecule has 7 nitrogen and oxygen atoms in total. The van der Waals surface area contributed by atoms with Crippen molar-refractivity contribution in [2.24, 2.45) is 5.92 Å². The Labute approximate surface area is 196 Å². The zero-order valence-corrected chi connectivity index (χ0v) is 19.8. The Hall–Kier alpha value is -1.96. The van der Waals surface area contributed by atoms with Crippen LogP contribution in [0.3, 0.4) is 0 Å². The molecule has 1 aromatic rings. The maximum absolute atomic E-state index is 13.1. The number of rotatable bonds is 5. The smallest absolute Gasteiger partial charge is 0.223 e. The molecule has 0 saturated carbocycles. The van der Waals surface area contributed by atoms with Gasteiger partial charge in [0.05, 0.1) is 17.2 Å². The lowest BCUT2D eigenvalue weighted by Gasteiger charge is -2.50. The predicted molar refractivity (Wildman–Crippen MR) is 124 cm³/mol. The Bertz CT molecular complexity index is 840. The van der Waals surface area contributed by atoms with Gasteiger partial charge < -0.3 is 25.2 Å². The van der Waals surface area contributed by atoms with Crippen LogP contribution in [-0.2, 0) is 14.3 Å². The summed E-state index contributed by atoms with van der Waals surface area (Å²) in [6, 6.07) is 9.92. The summed E-state index contributed by atoms with van der Waals surface area (Å²) in [5, 5.41) is 24.4.